The number of aliphatic hydroxyl groups is 1. The molecule has 150 valence electrons. The summed E-state index contributed by atoms with van der Waals surface area (Å²) in [6, 6.07) is 12.3. The van der Waals surface area contributed by atoms with Crippen molar-refractivity contribution >= 4 is 16.7 Å². The van der Waals surface area contributed by atoms with Gasteiger partial charge in [0.2, 0.25) is 0 Å². The Hall–Kier alpha value is -3.33. The van der Waals surface area contributed by atoms with Crippen molar-refractivity contribution in [2.75, 3.05) is 5.32 Å². The minimum atomic E-state index is -4.37. The maximum atomic E-state index is 12.8. The first-order chi connectivity index (χ1) is 13.8. The Morgan fingerprint density at radius 1 is 1.14 bits per heavy atom. The molecule has 2 heterocycles. The van der Waals surface area contributed by atoms with Crippen LogP contribution in [0.3, 0.4) is 0 Å². The minimum absolute atomic E-state index is 0.276. The number of fused-ring (bicyclic) bond motifs is 1. The van der Waals surface area contributed by atoms with E-state index >= 15 is 0 Å². The molecular formula is C20H17F3N4O2. The van der Waals surface area contributed by atoms with Gasteiger partial charge in [0.05, 0.1) is 23.3 Å². The van der Waals surface area contributed by atoms with E-state index in [4.69, 9.17) is 4.42 Å². The third-order valence-corrected chi connectivity index (χ3v) is 4.58. The number of oxazole rings is 1. The maximum absolute atomic E-state index is 12.8. The van der Waals surface area contributed by atoms with Crippen LogP contribution in [-0.2, 0) is 12.7 Å². The van der Waals surface area contributed by atoms with Gasteiger partial charge in [-0.3, -0.25) is 4.68 Å². The normalized spacial score (nSPS) is 13.0. The van der Waals surface area contributed by atoms with Gasteiger partial charge < -0.3 is 14.8 Å². The van der Waals surface area contributed by atoms with Crippen LogP contribution in [0.25, 0.3) is 10.9 Å². The fourth-order valence-corrected chi connectivity index (χ4v) is 3.10. The Morgan fingerprint density at radius 2 is 1.86 bits per heavy atom. The Morgan fingerprint density at radius 3 is 2.52 bits per heavy atom. The van der Waals surface area contributed by atoms with Crippen molar-refractivity contribution in [3.63, 3.8) is 0 Å². The van der Waals surface area contributed by atoms with Crippen LogP contribution in [-0.4, -0.2) is 19.9 Å². The van der Waals surface area contributed by atoms with Crippen molar-refractivity contribution in [3.8, 4) is 0 Å². The van der Waals surface area contributed by atoms with Crippen molar-refractivity contribution in [1.82, 2.24) is 14.8 Å². The van der Waals surface area contributed by atoms with Crippen molar-refractivity contribution < 1.29 is 22.7 Å². The zero-order valence-corrected chi connectivity index (χ0v) is 15.3. The molecule has 2 aromatic heterocycles. The second kappa shape index (κ2) is 7.25. The number of rotatable bonds is 5. The SMILES string of the molecule is Cc1ncoc1C(O)Nc1nn(Cc2ccc(C(F)(F)F)cc2)c2ccccc12. The summed E-state index contributed by atoms with van der Waals surface area (Å²) in [5, 5.41) is 18.6. The minimum Gasteiger partial charge on any atom is -0.443 e. The summed E-state index contributed by atoms with van der Waals surface area (Å²) in [5.74, 6) is 0.710. The fourth-order valence-electron chi connectivity index (χ4n) is 3.10. The molecule has 0 radical (unpaired) electrons. The molecule has 9 heteroatoms. The number of aryl methyl sites for hydroxylation is 1. The number of hydrogen-bond acceptors (Lipinski definition) is 5. The van der Waals surface area contributed by atoms with Crippen molar-refractivity contribution in [1.29, 1.82) is 0 Å². The fraction of sp³-hybridized carbons (Fsp3) is 0.200. The largest absolute Gasteiger partial charge is 0.443 e. The van der Waals surface area contributed by atoms with E-state index in [9.17, 15) is 18.3 Å². The standard InChI is InChI=1S/C20H17F3N4O2/c1-12-17(29-11-24-12)19(28)25-18-15-4-2-3-5-16(15)27(26-18)10-13-6-8-14(9-7-13)20(21,22)23/h2-9,11,19,28H,10H2,1H3,(H,25,26). The van der Waals surface area contributed by atoms with Crippen LogP contribution in [0, 0.1) is 6.92 Å². The number of nitrogens with one attached hydrogen (secondary N) is 1. The number of aliphatic hydroxyl groups excluding tert-OH is 1. The molecule has 0 fully saturated rings. The molecule has 0 saturated heterocycles. The van der Waals surface area contributed by atoms with Gasteiger partial charge in [-0.2, -0.15) is 18.3 Å². The third-order valence-electron chi connectivity index (χ3n) is 4.58. The summed E-state index contributed by atoms with van der Waals surface area (Å²) >= 11 is 0. The molecule has 1 atom stereocenters. The first-order valence-corrected chi connectivity index (χ1v) is 8.79. The molecule has 6 nitrogen and oxygen atoms in total. The van der Waals surface area contributed by atoms with Crippen molar-refractivity contribution in [2.24, 2.45) is 0 Å². The molecular weight excluding hydrogens is 385 g/mol. The molecule has 29 heavy (non-hydrogen) atoms. The predicted molar refractivity (Wildman–Crippen MR) is 100 cm³/mol. The number of nitrogens with zero attached hydrogens (tertiary/aromatic N) is 3. The number of halogens is 3. The molecule has 0 amide bonds. The average Bonchev–Trinajstić information content (AvgIpc) is 3.26. The lowest BCUT2D eigenvalue weighted by atomic mass is 10.1. The van der Waals surface area contributed by atoms with E-state index in [0.717, 1.165) is 23.0 Å². The van der Waals surface area contributed by atoms with Crippen LogP contribution in [0.5, 0.6) is 0 Å². The van der Waals surface area contributed by atoms with Gasteiger partial charge in [-0.1, -0.05) is 24.3 Å². The molecule has 0 aliphatic rings. The third kappa shape index (κ3) is 3.81. The summed E-state index contributed by atoms with van der Waals surface area (Å²) in [6.45, 7) is 1.99. The molecule has 4 rings (SSSR count). The quantitative estimate of drug-likeness (QED) is 0.481. The summed E-state index contributed by atoms with van der Waals surface area (Å²) in [4.78, 5) is 3.95. The van der Waals surface area contributed by atoms with E-state index < -0.39 is 18.0 Å². The summed E-state index contributed by atoms with van der Waals surface area (Å²) in [6.07, 6.45) is -4.27. The molecule has 2 N–H and O–H groups in total. The second-order valence-electron chi connectivity index (χ2n) is 6.57. The van der Waals surface area contributed by atoms with Gasteiger partial charge in [0, 0.05) is 5.39 Å². The zero-order chi connectivity index (χ0) is 20.6. The zero-order valence-electron chi connectivity index (χ0n) is 15.3. The van der Waals surface area contributed by atoms with Crippen molar-refractivity contribution in [2.45, 2.75) is 25.9 Å². The molecule has 2 aromatic carbocycles. The van der Waals surface area contributed by atoms with Gasteiger partial charge in [0.25, 0.3) is 0 Å². The topological polar surface area (TPSA) is 76.1 Å². The number of hydrogen-bond donors (Lipinski definition) is 2. The highest BCUT2D eigenvalue weighted by Gasteiger charge is 2.30. The van der Waals surface area contributed by atoms with Crippen LogP contribution in [0.2, 0.25) is 0 Å². The first kappa shape index (κ1) is 19.0. The van der Waals surface area contributed by atoms with E-state index in [0.29, 0.717) is 17.1 Å². The monoisotopic (exact) mass is 402 g/mol. The van der Waals surface area contributed by atoms with Gasteiger partial charge in [0.15, 0.2) is 24.2 Å². The van der Waals surface area contributed by atoms with Gasteiger partial charge in [-0.15, -0.1) is 0 Å². The average molecular weight is 402 g/mol. The van der Waals surface area contributed by atoms with Crippen LogP contribution in [0.1, 0.15) is 28.8 Å². The molecule has 4 aromatic rings. The highest BCUT2D eigenvalue weighted by Crippen LogP contribution is 2.30. The predicted octanol–water partition coefficient (Wildman–Crippen LogP) is 4.50. The van der Waals surface area contributed by atoms with Crippen LogP contribution >= 0.6 is 0 Å². The maximum Gasteiger partial charge on any atom is 0.416 e. The molecule has 1 unspecified atom stereocenters. The Labute approximate surface area is 163 Å². The number of alkyl halides is 3. The first-order valence-electron chi connectivity index (χ1n) is 8.79. The van der Waals surface area contributed by atoms with E-state index in [1.54, 1.807) is 11.6 Å². The van der Waals surface area contributed by atoms with E-state index in [2.05, 4.69) is 15.4 Å². The van der Waals surface area contributed by atoms with Crippen LogP contribution in [0.4, 0.5) is 19.0 Å². The lowest BCUT2D eigenvalue weighted by molar-refractivity contribution is -0.137. The second-order valence-corrected chi connectivity index (χ2v) is 6.57. The van der Waals surface area contributed by atoms with E-state index in [-0.39, 0.29) is 12.3 Å². The van der Waals surface area contributed by atoms with Crippen LogP contribution in [0.15, 0.2) is 59.3 Å². The number of aromatic nitrogens is 3. The van der Waals surface area contributed by atoms with Gasteiger partial charge in [-0.25, -0.2) is 4.98 Å². The highest BCUT2D eigenvalue weighted by atomic mass is 19.4. The van der Waals surface area contributed by atoms with Gasteiger partial charge in [0.1, 0.15) is 0 Å². The summed E-state index contributed by atoms with van der Waals surface area (Å²) in [7, 11) is 0. The van der Waals surface area contributed by atoms with E-state index in [1.807, 2.05) is 24.3 Å². The lowest BCUT2D eigenvalue weighted by Crippen LogP contribution is -2.11. The molecule has 0 spiro atoms. The van der Waals surface area contributed by atoms with E-state index in [1.165, 1.54) is 18.5 Å². The lowest BCUT2D eigenvalue weighted by Gasteiger charge is -2.10. The van der Waals surface area contributed by atoms with Crippen LogP contribution < -0.4 is 5.32 Å². The Kier molecular flexibility index (Phi) is 4.75. The Balaban J connectivity index is 1.63. The van der Waals surface area contributed by atoms with Gasteiger partial charge in [-0.05, 0) is 36.8 Å². The van der Waals surface area contributed by atoms with Gasteiger partial charge >= 0.3 is 6.18 Å². The smallest absolute Gasteiger partial charge is 0.416 e. The highest BCUT2D eigenvalue weighted by molar-refractivity contribution is 5.90. The molecule has 0 aliphatic heterocycles. The summed E-state index contributed by atoms with van der Waals surface area (Å²) < 4.78 is 45.2. The van der Waals surface area contributed by atoms with Crippen molar-refractivity contribution in [3.05, 3.63) is 77.5 Å². The number of anilines is 1. The summed E-state index contributed by atoms with van der Waals surface area (Å²) in [5.41, 5.74) is 1.30. The molecule has 0 bridgehead atoms. The number of benzene rings is 2. The molecule has 0 aliphatic carbocycles. The Bertz CT molecular complexity index is 1130. The number of para-hydroxylation sites is 1. The molecule has 0 saturated carbocycles.